The van der Waals surface area contributed by atoms with Crippen LogP contribution in [0.1, 0.15) is 113 Å². The fraction of sp³-hybridized carbons (Fsp3) is 0.804. The predicted octanol–water partition coefficient (Wildman–Crippen LogP) is 4.61. The fourth-order valence-corrected chi connectivity index (χ4v) is 11.8. The number of aliphatic hydroxyl groups is 5. The molecule has 21 heteroatoms. The van der Waals surface area contributed by atoms with Crippen molar-refractivity contribution in [2.45, 2.75) is 211 Å². The van der Waals surface area contributed by atoms with Crippen molar-refractivity contribution < 1.29 is 63.6 Å². The number of hydrogen-bond acceptors (Lipinski definition) is 18. The number of benzene rings is 1. The summed E-state index contributed by atoms with van der Waals surface area (Å²) in [4.78, 5) is 24.2. The van der Waals surface area contributed by atoms with Gasteiger partial charge in [-0.3, -0.25) is 4.79 Å². The van der Waals surface area contributed by atoms with Gasteiger partial charge in [-0.25, -0.2) is 4.68 Å². The monoisotopic (exact) mass is 1060 g/mol. The largest absolute Gasteiger partial charge is 0.459 e. The molecule has 4 aliphatic rings. The van der Waals surface area contributed by atoms with Crippen molar-refractivity contribution in [3.05, 3.63) is 45.7 Å². The maximum atomic E-state index is 14.5. The second-order valence-corrected chi connectivity index (χ2v) is 22.9. The lowest BCUT2D eigenvalue weighted by molar-refractivity contribution is -0.318. The molecule has 0 saturated carbocycles. The molecule has 4 aliphatic heterocycles. The van der Waals surface area contributed by atoms with Crippen LogP contribution >= 0.6 is 23.2 Å². The molecular weight excluding hydrogens is 975 g/mol. The number of ether oxygens (including phenoxy) is 6. The Morgan fingerprint density at radius 2 is 1.64 bits per heavy atom. The van der Waals surface area contributed by atoms with Crippen molar-refractivity contribution in [3.63, 3.8) is 0 Å². The molecule has 0 spiro atoms. The number of methoxy groups -OCH3 is 1. The van der Waals surface area contributed by atoms with E-state index >= 15 is 0 Å². The topological polar surface area (TPSA) is 232 Å². The second kappa shape index (κ2) is 24.2. The number of nitrogens with zero attached hydrogens (tertiary/aromatic N) is 6. The zero-order valence-corrected chi connectivity index (χ0v) is 45.9. The van der Waals surface area contributed by atoms with Crippen LogP contribution in [-0.2, 0) is 51.0 Å². The third-order valence-electron chi connectivity index (χ3n) is 15.7. The Bertz CT molecular complexity index is 2120. The Balaban J connectivity index is 1.23. The SMILES string of the molecule is CC[C@H]1OC(=O)[C@H](C)[C@@H](O[C@H]2C[C@@](C)(OC)[C@@H](O)[C@H](C)O2)[C@H](C)[C@@H](O[C@@H]2O[C@H](C)C[C@H](N(C)CCc3cn(CC4CC(c5cc(Cl)cc(Cl)c5)=NO4)nn3)[C@H]2O)[C@](C)(O)C[C@@H](C)CN(C)[C@H](C)[C@@H](O)[C@]1(C)O. The zero-order chi connectivity index (χ0) is 53.2. The first-order valence-corrected chi connectivity index (χ1v) is 26.3. The Morgan fingerprint density at radius 3 is 2.29 bits per heavy atom. The average molecular weight is 1060 g/mol. The first-order chi connectivity index (χ1) is 33.7. The van der Waals surface area contributed by atoms with Gasteiger partial charge >= 0.3 is 5.97 Å². The van der Waals surface area contributed by atoms with Gasteiger partial charge in [0.15, 0.2) is 18.7 Å². The van der Waals surface area contributed by atoms with Crippen molar-refractivity contribution in [1.82, 2.24) is 24.8 Å². The van der Waals surface area contributed by atoms with Crippen LogP contribution in [-0.4, -0.2) is 193 Å². The van der Waals surface area contributed by atoms with Crippen LogP contribution in [0.15, 0.2) is 29.6 Å². The number of halogens is 2. The normalized spacial score (nSPS) is 41.1. The quantitative estimate of drug-likeness (QED) is 0.173. The summed E-state index contributed by atoms with van der Waals surface area (Å²) in [5.41, 5.74) is -2.25. The standard InChI is InChI=1S/C51H82Cl2N6O13/c1-14-40-51(10,65)44(61)31(6)58(12)24-27(2)22-49(8,64)46(29(4)43(30(5)47(63)69-40)70-41-23-50(9,66-13)45(62)32(7)68-41)71-48-42(60)39(17-28(3)67-48)57(11)16-15-36-25-59(56-54-36)26-37-21-38(55-72-37)33-18-34(52)20-35(53)19-33/h18-20,25,27-32,37,39-46,48,60-62,64-65H,14-17,21-24,26H2,1-13H3/t27-,28-,29+,30-,31-,32+,37?,39+,40-,41+,42-,43+,44-,45+,46-,48+,49-,50-,51-/m1/s1. The minimum Gasteiger partial charge on any atom is -0.459 e. The van der Waals surface area contributed by atoms with E-state index in [0.717, 1.165) is 17.0 Å². The second-order valence-electron chi connectivity index (χ2n) is 22.0. The highest BCUT2D eigenvalue weighted by atomic mass is 35.5. The molecule has 3 saturated heterocycles. The Labute approximate surface area is 435 Å². The smallest absolute Gasteiger partial charge is 0.311 e. The lowest BCUT2D eigenvalue weighted by Crippen LogP contribution is -2.61. The minimum atomic E-state index is -1.84. The number of carbonyl (C=O) groups excluding carboxylic acids is 1. The fourth-order valence-electron chi connectivity index (χ4n) is 11.3. The van der Waals surface area contributed by atoms with E-state index < -0.39 is 102 Å². The zero-order valence-electron chi connectivity index (χ0n) is 44.4. The number of esters is 1. The molecule has 0 bridgehead atoms. The maximum Gasteiger partial charge on any atom is 0.311 e. The molecule has 1 unspecified atom stereocenters. The summed E-state index contributed by atoms with van der Waals surface area (Å²) in [6.45, 7) is 18.9. The molecule has 0 amide bonds. The predicted molar refractivity (Wildman–Crippen MR) is 269 cm³/mol. The third-order valence-corrected chi connectivity index (χ3v) is 16.2. The van der Waals surface area contributed by atoms with Gasteiger partial charge in [-0.2, -0.15) is 0 Å². The highest BCUT2D eigenvalue weighted by molar-refractivity contribution is 6.35. The van der Waals surface area contributed by atoms with E-state index in [1.807, 2.05) is 50.9 Å². The van der Waals surface area contributed by atoms with Gasteiger partial charge in [0.2, 0.25) is 0 Å². The number of rotatable bonds is 13. The molecule has 5 N–H and O–H groups in total. The highest BCUT2D eigenvalue weighted by Crippen LogP contribution is 2.40. The molecule has 72 heavy (non-hydrogen) atoms. The number of carbonyl (C=O) groups is 1. The molecule has 3 fully saturated rings. The summed E-state index contributed by atoms with van der Waals surface area (Å²) in [6, 6.07) is 4.25. The van der Waals surface area contributed by atoms with Crippen molar-refractivity contribution in [2.75, 3.05) is 34.3 Å². The summed E-state index contributed by atoms with van der Waals surface area (Å²) in [7, 11) is 5.26. The number of aliphatic hydroxyl groups excluding tert-OH is 3. The van der Waals surface area contributed by atoms with Gasteiger partial charge in [0.25, 0.3) is 0 Å². The molecule has 1 aromatic heterocycles. The first kappa shape index (κ1) is 58.7. The lowest BCUT2D eigenvalue weighted by atomic mass is 9.77. The highest BCUT2D eigenvalue weighted by Gasteiger charge is 2.53. The van der Waals surface area contributed by atoms with Gasteiger partial charge < -0.3 is 68.6 Å². The molecule has 5 heterocycles. The number of hydrogen-bond donors (Lipinski definition) is 5. The Hall–Kier alpha value is -2.60. The molecule has 6 rings (SSSR count). The lowest BCUT2D eigenvalue weighted by Gasteiger charge is -2.49. The van der Waals surface area contributed by atoms with E-state index in [1.54, 1.807) is 64.4 Å². The van der Waals surface area contributed by atoms with Crippen molar-refractivity contribution >= 4 is 34.9 Å². The molecule has 408 valence electrons. The molecule has 19 nitrogen and oxygen atoms in total. The number of aromatic nitrogens is 3. The van der Waals surface area contributed by atoms with Crippen LogP contribution in [0.4, 0.5) is 0 Å². The van der Waals surface area contributed by atoms with Crippen LogP contribution in [0, 0.1) is 17.8 Å². The molecule has 2 aromatic rings. The molecular formula is C51H82Cl2N6O13. The minimum absolute atomic E-state index is 0.0968. The van der Waals surface area contributed by atoms with Crippen LogP contribution < -0.4 is 0 Å². The van der Waals surface area contributed by atoms with E-state index in [2.05, 4.69) is 15.5 Å². The first-order valence-electron chi connectivity index (χ1n) is 25.5. The maximum absolute atomic E-state index is 14.5. The van der Waals surface area contributed by atoms with Gasteiger partial charge in [-0.1, -0.05) is 54.3 Å². The van der Waals surface area contributed by atoms with Gasteiger partial charge in [0, 0.05) is 79.3 Å². The number of oxime groups is 1. The van der Waals surface area contributed by atoms with Gasteiger partial charge in [0.05, 0.1) is 59.5 Å². The molecule has 0 aliphatic carbocycles. The van der Waals surface area contributed by atoms with Crippen molar-refractivity contribution in [3.8, 4) is 0 Å². The number of likely N-dealkylation sites (N-methyl/N-ethyl adjacent to an activating group) is 2. The summed E-state index contributed by atoms with van der Waals surface area (Å²) in [5, 5.41) is 73.8. The van der Waals surface area contributed by atoms with Crippen LogP contribution in [0.5, 0.6) is 0 Å². The number of cyclic esters (lactones) is 1. The van der Waals surface area contributed by atoms with Crippen LogP contribution in [0.3, 0.4) is 0 Å². The van der Waals surface area contributed by atoms with E-state index in [0.29, 0.717) is 48.9 Å². The van der Waals surface area contributed by atoms with Gasteiger partial charge in [0.1, 0.15) is 30.0 Å². The summed E-state index contributed by atoms with van der Waals surface area (Å²) in [5.74, 6) is -2.80. The molecule has 1 aromatic carbocycles. The van der Waals surface area contributed by atoms with Crippen molar-refractivity contribution in [1.29, 1.82) is 0 Å². The van der Waals surface area contributed by atoms with Crippen LogP contribution in [0.25, 0.3) is 0 Å². The van der Waals surface area contributed by atoms with Gasteiger partial charge in [-0.15, -0.1) is 5.10 Å². The van der Waals surface area contributed by atoms with Crippen molar-refractivity contribution in [2.24, 2.45) is 22.9 Å². The molecule has 0 radical (unpaired) electrons. The van der Waals surface area contributed by atoms with E-state index in [4.69, 9.17) is 56.5 Å². The Morgan fingerprint density at radius 1 is 0.958 bits per heavy atom. The summed E-state index contributed by atoms with van der Waals surface area (Å²) >= 11 is 12.4. The van der Waals surface area contributed by atoms with E-state index in [-0.39, 0.29) is 37.4 Å². The Kier molecular flexibility index (Phi) is 19.7. The molecule has 19 atom stereocenters. The van der Waals surface area contributed by atoms with E-state index in [1.165, 1.54) is 14.0 Å². The third kappa shape index (κ3) is 13.7. The summed E-state index contributed by atoms with van der Waals surface area (Å²) < 4.78 is 40.0. The summed E-state index contributed by atoms with van der Waals surface area (Å²) in [6.07, 6.45) is -6.47. The van der Waals surface area contributed by atoms with Gasteiger partial charge in [-0.05, 0) is 106 Å². The average Bonchev–Trinajstić information content (AvgIpc) is 3.98. The van der Waals surface area contributed by atoms with E-state index in [9.17, 15) is 30.3 Å². The van der Waals surface area contributed by atoms with Crippen LogP contribution in [0.2, 0.25) is 10.0 Å².